The first-order valence-electron chi connectivity index (χ1n) is 10.1. The zero-order valence-corrected chi connectivity index (χ0v) is 19.3. The van der Waals surface area contributed by atoms with Crippen molar-refractivity contribution in [2.24, 2.45) is 10.7 Å². The third-order valence-electron chi connectivity index (χ3n) is 5.24. The van der Waals surface area contributed by atoms with Gasteiger partial charge in [0.1, 0.15) is 22.7 Å². The van der Waals surface area contributed by atoms with E-state index in [-0.39, 0.29) is 6.17 Å². The Hall–Kier alpha value is -2.62. The van der Waals surface area contributed by atoms with E-state index in [0.29, 0.717) is 33.9 Å². The van der Waals surface area contributed by atoms with Crippen molar-refractivity contribution < 1.29 is 9.53 Å². The van der Waals surface area contributed by atoms with Crippen LogP contribution in [0, 0.1) is 13.8 Å². The summed E-state index contributed by atoms with van der Waals surface area (Å²) in [7, 11) is 0. The second-order valence-corrected chi connectivity index (χ2v) is 8.85. The quantitative estimate of drug-likeness (QED) is 0.726. The summed E-state index contributed by atoms with van der Waals surface area (Å²) in [5, 5.41) is 4.61. The van der Waals surface area contributed by atoms with E-state index < -0.39 is 5.91 Å². The molecule has 4 rings (SSSR count). The van der Waals surface area contributed by atoms with Crippen molar-refractivity contribution in [3.63, 3.8) is 0 Å². The number of halogens is 1. The molecule has 1 unspecified atom stereocenters. The highest BCUT2D eigenvalue weighted by Gasteiger charge is 2.29. The Kier molecular flexibility index (Phi) is 6.17. The molecular weight excluding hydrogens is 436 g/mol. The number of anilines is 2. The number of morpholine rings is 1. The number of rotatable bonds is 4. The number of aromatic nitrogens is 1. The van der Waals surface area contributed by atoms with Gasteiger partial charge in [-0.15, -0.1) is 0 Å². The number of ether oxygens (including phenoxy) is 1. The fraction of sp³-hybridized carbons (Fsp3) is 0.381. The molecule has 0 spiro atoms. The summed E-state index contributed by atoms with van der Waals surface area (Å²) < 4.78 is 5.49. The number of amides is 1. The lowest BCUT2D eigenvalue weighted by molar-refractivity contribution is 0.0681. The van der Waals surface area contributed by atoms with Gasteiger partial charge in [0, 0.05) is 19.2 Å². The molecule has 8 nitrogen and oxygen atoms in total. The van der Waals surface area contributed by atoms with Gasteiger partial charge in [0.25, 0.3) is 5.91 Å². The van der Waals surface area contributed by atoms with Crippen molar-refractivity contribution in [2.75, 3.05) is 36.5 Å². The summed E-state index contributed by atoms with van der Waals surface area (Å²) in [6.45, 7) is 8.73. The van der Waals surface area contributed by atoms with Gasteiger partial charge in [-0.05, 0) is 32.4 Å². The number of nitrogens with two attached hydrogens (primary N) is 1. The van der Waals surface area contributed by atoms with Crippen LogP contribution in [0.2, 0.25) is 5.02 Å². The lowest BCUT2D eigenvalue weighted by atomic mass is 10.1. The fourth-order valence-corrected chi connectivity index (χ4v) is 4.90. The topological polar surface area (TPSA) is 96.1 Å². The molecule has 1 atom stereocenters. The molecule has 31 heavy (non-hydrogen) atoms. The van der Waals surface area contributed by atoms with Gasteiger partial charge in [-0.2, -0.15) is 0 Å². The smallest absolute Gasteiger partial charge is 0.260 e. The molecule has 2 aliphatic rings. The molecule has 0 saturated carbocycles. The van der Waals surface area contributed by atoms with E-state index in [1.807, 2.05) is 38.1 Å². The third-order valence-corrected chi connectivity index (χ3v) is 6.63. The van der Waals surface area contributed by atoms with E-state index >= 15 is 0 Å². The van der Waals surface area contributed by atoms with Crippen LogP contribution < -0.4 is 16.0 Å². The Balaban J connectivity index is 1.75. The minimum Gasteiger partial charge on any atom is -0.378 e. The molecule has 10 heteroatoms. The average Bonchev–Trinajstić information content (AvgIpc) is 3.10. The van der Waals surface area contributed by atoms with E-state index in [4.69, 9.17) is 27.1 Å². The molecule has 3 heterocycles. The van der Waals surface area contributed by atoms with Crippen LogP contribution in [0.5, 0.6) is 0 Å². The normalized spacial score (nSPS) is 19.2. The van der Waals surface area contributed by atoms with Gasteiger partial charge in [0.05, 0.1) is 29.6 Å². The number of primary amides is 1. The van der Waals surface area contributed by atoms with Crippen molar-refractivity contribution in [1.29, 1.82) is 0 Å². The molecule has 2 aromatic rings. The highest BCUT2D eigenvalue weighted by atomic mass is 35.5. The standard InChI is InChI=1S/C21H25ClN6O2S/c1-12-5-4-6-15(22)18(12)28-14(3)25-16(27-7-9-30-10-8-27)11-17(28)26-21-24-13(2)19(31-21)20(23)29/h4-6,11,14H,7-10H2,1-3H3,(H2,23,29)(H,24,26). The van der Waals surface area contributed by atoms with Gasteiger partial charge in [0.2, 0.25) is 0 Å². The Morgan fingerprint density at radius 2 is 2.06 bits per heavy atom. The highest BCUT2D eigenvalue weighted by Crippen LogP contribution is 2.36. The molecule has 1 saturated heterocycles. The maximum absolute atomic E-state index is 11.7. The zero-order chi connectivity index (χ0) is 22.1. The summed E-state index contributed by atoms with van der Waals surface area (Å²) in [6.07, 6.45) is 1.79. The van der Waals surface area contributed by atoms with Crippen LogP contribution in [0.1, 0.15) is 27.9 Å². The number of amidine groups is 1. The number of carbonyl (C=O) groups is 1. The van der Waals surface area contributed by atoms with Crippen molar-refractivity contribution in [3.05, 3.63) is 51.3 Å². The molecule has 0 aliphatic carbocycles. The lowest BCUT2D eigenvalue weighted by Gasteiger charge is -2.38. The van der Waals surface area contributed by atoms with E-state index in [1.165, 1.54) is 11.3 Å². The van der Waals surface area contributed by atoms with Crippen molar-refractivity contribution in [3.8, 4) is 0 Å². The van der Waals surface area contributed by atoms with Gasteiger partial charge >= 0.3 is 0 Å². The fourth-order valence-electron chi connectivity index (χ4n) is 3.76. The van der Waals surface area contributed by atoms with E-state index in [1.54, 1.807) is 6.92 Å². The van der Waals surface area contributed by atoms with E-state index in [0.717, 1.165) is 36.0 Å². The molecule has 1 aromatic carbocycles. The Morgan fingerprint density at radius 1 is 1.32 bits per heavy atom. The van der Waals surface area contributed by atoms with Gasteiger partial charge in [-0.1, -0.05) is 35.1 Å². The maximum Gasteiger partial charge on any atom is 0.260 e. The number of nitrogens with zero attached hydrogens (tertiary/aromatic N) is 4. The van der Waals surface area contributed by atoms with Gasteiger partial charge in [0.15, 0.2) is 5.13 Å². The molecule has 1 amide bonds. The molecule has 0 bridgehead atoms. The predicted octanol–water partition coefficient (Wildman–Crippen LogP) is 3.36. The van der Waals surface area contributed by atoms with Crippen LogP contribution in [-0.4, -0.2) is 54.1 Å². The number of carbonyl (C=O) groups excluding carboxylic acids is 1. The monoisotopic (exact) mass is 460 g/mol. The van der Waals surface area contributed by atoms with Crippen molar-refractivity contribution in [1.82, 2.24) is 9.88 Å². The number of para-hydroxylation sites is 1. The summed E-state index contributed by atoms with van der Waals surface area (Å²) in [5.41, 5.74) is 8.00. The molecular formula is C21H25ClN6O2S. The Morgan fingerprint density at radius 3 is 2.71 bits per heavy atom. The lowest BCUT2D eigenvalue weighted by Crippen LogP contribution is -2.46. The van der Waals surface area contributed by atoms with E-state index in [9.17, 15) is 4.79 Å². The number of aliphatic imine (C=N–C) groups is 1. The first-order valence-corrected chi connectivity index (χ1v) is 11.3. The summed E-state index contributed by atoms with van der Waals surface area (Å²) >= 11 is 7.84. The largest absolute Gasteiger partial charge is 0.378 e. The van der Waals surface area contributed by atoms with Crippen LogP contribution in [-0.2, 0) is 4.74 Å². The summed E-state index contributed by atoms with van der Waals surface area (Å²) in [6, 6.07) is 5.82. The summed E-state index contributed by atoms with van der Waals surface area (Å²) in [4.78, 5) is 25.8. The first kappa shape index (κ1) is 21.6. The number of benzene rings is 1. The van der Waals surface area contributed by atoms with Crippen LogP contribution in [0.15, 0.2) is 35.1 Å². The number of thiazole rings is 1. The van der Waals surface area contributed by atoms with Crippen LogP contribution in [0.3, 0.4) is 0 Å². The maximum atomic E-state index is 11.7. The SMILES string of the molecule is Cc1cccc(Cl)c1N1C(Nc2nc(C)c(C(N)=O)s2)=CC(N2CCOCC2)=NC1C. The molecule has 2 aliphatic heterocycles. The molecule has 164 valence electrons. The zero-order valence-electron chi connectivity index (χ0n) is 17.7. The molecule has 1 aromatic heterocycles. The second kappa shape index (κ2) is 8.86. The number of aryl methyl sites for hydroxylation is 2. The van der Waals surface area contributed by atoms with E-state index in [2.05, 4.69) is 20.1 Å². The van der Waals surface area contributed by atoms with Crippen LogP contribution in [0.25, 0.3) is 0 Å². The molecule has 1 fully saturated rings. The van der Waals surface area contributed by atoms with Gasteiger partial charge in [-0.25, -0.2) is 9.98 Å². The minimum atomic E-state index is -0.483. The van der Waals surface area contributed by atoms with Crippen molar-refractivity contribution in [2.45, 2.75) is 26.9 Å². The van der Waals surface area contributed by atoms with Crippen LogP contribution >= 0.6 is 22.9 Å². The molecule has 3 N–H and O–H groups in total. The van der Waals surface area contributed by atoms with Crippen molar-refractivity contribution >= 4 is 45.5 Å². The Bertz CT molecular complexity index is 1040. The highest BCUT2D eigenvalue weighted by molar-refractivity contribution is 7.17. The number of hydrogen-bond acceptors (Lipinski definition) is 8. The number of nitrogens with one attached hydrogen (secondary N) is 1. The predicted molar refractivity (Wildman–Crippen MR) is 125 cm³/mol. The minimum absolute atomic E-state index is 0.208. The Labute approximate surface area is 190 Å². The average molecular weight is 461 g/mol. The van der Waals surface area contributed by atoms with Gasteiger partial charge < -0.3 is 25.6 Å². The first-order chi connectivity index (χ1) is 14.8. The second-order valence-electron chi connectivity index (χ2n) is 7.45. The van der Waals surface area contributed by atoms with Gasteiger partial charge in [-0.3, -0.25) is 4.79 Å². The summed E-state index contributed by atoms with van der Waals surface area (Å²) in [5.74, 6) is 1.18. The van der Waals surface area contributed by atoms with Crippen LogP contribution in [0.4, 0.5) is 10.8 Å². The molecule has 0 radical (unpaired) electrons. The number of hydrogen-bond donors (Lipinski definition) is 2. The third kappa shape index (κ3) is 4.39.